The van der Waals surface area contributed by atoms with Gasteiger partial charge in [-0.25, -0.2) is 0 Å². The van der Waals surface area contributed by atoms with E-state index >= 15 is 0 Å². The van der Waals surface area contributed by atoms with E-state index < -0.39 is 0 Å². The zero-order valence-corrected chi connectivity index (χ0v) is 14.6. The lowest BCUT2D eigenvalue weighted by Crippen LogP contribution is -2.46. The number of hydrogen-bond acceptors (Lipinski definition) is 4. The second-order valence-corrected chi connectivity index (χ2v) is 6.19. The Morgan fingerprint density at radius 3 is 2.42 bits per heavy atom. The molecular formula is C20H23N3O3. The number of carbonyl (C=O) groups excluding carboxylic acids is 2. The van der Waals surface area contributed by atoms with Gasteiger partial charge in [-0.3, -0.25) is 14.5 Å². The van der Waals surface area contributed by atoms with Crippen LogP contribution in [0.3, 0.4) is 0 Å². The minimum absolute atomic E-state index is 0.0491. The summed E-state index contributed by atoms with van der Waals surface area (Å²) in [7, 11) is 0. The summed E-state index contributed by atoms with van der Waals surface area (Å²) in [4.78, 5) is 27.0. The molecule has 3 rings (SSSR count). The number of rotatable bonds is 7. The highest BCUT2D eigenvalue weighted by molar-refractivity contribution is 5.92. The lowest BCUT2D eigenvalue weighted by molar-refractivity contribution is -0.120. The Kier molecular flexibility index (Phi) is 6.22. The van der Waals surface area contributed by atoms with Gasteiger partial charge >= 0.3 is 0 Å². The SMILES string of the molecule is O=CN1CCN(CCC(=O)Nc2ccccc2Oc2ccccc2)CC1. The molecule has 0 bridgehead atoms. The Labute approximate surface area is 153 Å². The molecule has 1 aliphatic rings. The smallest absolute Gasteiger partial charge is 0.225 e. The fourth-order valence-electron chi connectivity index (χ4n) is 2.84. The van der Waals surface area contributed by atoms with Crippen molar-refractivity contribution >= 4 is 18.0 Å². The molecule has 0 aromatic heterocycles. The van der Waals surface area contributed by atoms with E-state index in [-0.39, 0.29) is 5.91 Å². The third kappa shape index (κ3) is 5.07. The molecule has 0 unspecified atom stereocenters. The number of ether oxygens (including phenoxy) is 1. The van der Waals surface area contributed by atoms with Crippen LogP contribution >= 0.6 is 0 Å². The van der Waals surface area contributed by atoms with Crippen molar-refractivity contribution in [1.29, 1.82) is 0 Å². The molecule has 0 aliphatic carbocycles. The largest absolute Gasteiger partial charge is 0.455 e. The third-order valence-electron chi connectivity index (χ3n) is 4.34. The standard InChI is InChI=1S/C20H23N3O3/c24-16-23-14-12-22(13-15-23)11-10-20(25)21-18-8-4-5-9-19(18)26-17-6-2-1-3-7-17/h1-9,16H,10-15H2,(H,21,25). The fraction of sp³-hybridized carbons (Fsp3) is 0.300. The zero-order chi connectivity index (χ0) is 18.2. The van der Waals surface area contributed by atoms with E-state index in [1.807, 2.05) is 54.6 Å². The van der Waals surface area contributed by atoms with Crippen LogP contribution in [-0.4, -0.2) is 54.8 Å². The van der Waals surface area contributed by atoms with Crippen molar-refractivity contribution in [1.82, 2.24) is 9.80 Å². The minimum Gasteiger partial charge on any atom is -0.455 e. The molecule has 6 heteroatoms. The molecule has 1 heterocycles. The van der Waals surface area contributed by atoms with Crippen molar-refractivity contribution in [2.75, 3.05) is 38.0 Å². The Balaban J connectivity index is 1.52. The molecule has 0 radical (unpaired) electrons. The second kappa shape index (κ2) is 9.01. The van der Waals surface area contributed by atoms with Gasteiger partial charge in [0.05, 0.1) is 5.69 Å². The van der Waals surface area contributed by atoms with Crippen LogP contribution in [0, 0.1) is 0 Å². The number of benzene rings is 2. The summed E-state index contributed by atoms with van der Waals surface area (Å²) in [6.45, 7) is 3.73. The van der Waals surface area contributed by atoms with E-state index in [0.717, 1.165) is 38.3 Å². The summed E-state index contributed by atoms with van der Waals surface area (Å²) in [5.41, 5.74) is 0.659. The predicted molar refractivity (Wildman–Crippen MR) is 100 cm³/mol. The first kappa shape index (κ1) is 17.9. The number of nitrogens with one attached hydrogen (secondary N) is 1. The molecule has 2 aromatic carbocycles. The highest BCUT2D eigenvalue weighted by atomic mass is 16.5. The quantitative estimate of drug-likeness (QED) is 0.777. The average Bonchev–Trinajstić information content (AvgIpc) is 2.69. The van der Waals surface area contributed by atoms with Gasteiger partial charge in [-0.15, -0.1) is 0 Å². The summed E-state index contributed by atoms with van der Waals surface area (Å²) in [6, 6.07) is 16.9. The van der Waals surface area contributed by atoms with Crippen molar-refractivity contribution in [3.05, 3.63) is 54.6 Å². The van der Waals surface area contributed by atoms with Crippen LogP contribution in [0.25, 0.3) is 0 Å². The van der Waals surface area contributed by atoms with Gasteiger partial charge in [0.1, 0.15) is 5.75 Å². The molecule has 1 aliphatic heterocycles. The molecular weight excluding hydrogens is 330 g/mol. The van der Waals surface area contributed by atoms with Gasteiger partial charge in [0.15, 0.2) is 5.75 Å². The number of para-hydroxylation sites is 3. The Morgan fingerprint density at radius 1 is 1.00 bits per heavy atom. The summed E-state index contributed by atoms with van der Waals surface area (Å²) in [5, 5.41) is 2.93. The molecule has 2 aromatic rings. The first-order valence-electron chi connectivity index (χ1n) is 8.78. The first-order chi connectivity index (χ1) is 12.7. The number of piperazine rings is 1. The zero-order valence-electron chi connectivity index (χ0n) is 14.6. The van der Waals surface area contributed by atoms with Gasteiger partial charge in [-0.2, -0.15) is 0 Å². The van der Waals surface area contributed by atoms with Crippen LogP contribution in [0.5, 0.6) is 11.5 Å². The Bertz CT molecular complexity index is 728. The minimum atomic E-state index is -0.0491. The Morgan fingerprint density at radius 2 is 1.69 bits per heavy atom. The normalized spacial score (nSPS) is 14.7. The summed E-state index contributed by atoms with van der Waals surface area (Å²) < 4.78 is 5.87. The number of nitrogens with zero attached hydrogens (tertiary/aromatic N) is 2. The predicted octanol–water partition coefficient (Wildman–Crippen LogP) is 2.58. The Hall–Kier alpha value is -2.86. The van der Waals surface area contributed by atoms with Crippen molar-refractivity contribution < 1.29 is 14.3 Å². The molecule has 136 valence electrons. The van der Waals surface area contributed by atoms with E-state index in [1.54, 1.807) is 4.90 Å². The molecule has 1 fully saturated rings. The maximum absolute atomic E-state index is 12.3. The third-order valence-corrected chi connectivity index (χ3v) is 4.34. The molecule has 1 N–H and O–H groups in total. The van der Waals surface area contributed by atoms with Gasteiger partial charge in [0, 0.05) is 39.1 Å². The van der Waals surface area contributed by atoms with Crippen molar-refractivity contribution in [2.45, 2.75) is 6.42 Å². The molecule has 1 saturated heterocycles. The topological polar surface area (TPSA) is 61.9 Å². The van der Waals surface area contributed by atoms with Crippen LogP contribution in [-0.2, 0) is 9.59 Å². The van der Waals surface area contributed by atoms with Crippen LogP contribution in [0.15, 0.2) is 54.6 Å². The molecule has 6 nitrogen and oxygen atoms in total. The van der Waals surface area contributed by atoms with Crippen LogP contribution in [0.1, 0.15) is 6.42 Å². The van der Waals surface area contributed by atoms with Crippen LogP contribution in [0.2, 0.25) is 0 Å². The van der Waals surface area contributed by atoms with Crippen molar-refractivity contribution in [3.63, 3.8) is 0 Å². The lowest BCUT2D eigenvalue weighted by Gasteiger charge is -2.32. The van der Waals surface area contributed by atoms with E-state index in [4.69, 9.17) is 4.74 Å². The molecule has 2 amide bonds. The summed E-state index contributed by atoms with van der Waals surface area (Å²) >= 11 is 0. The number of anilines is 1. The van der Waals surface area contributed by atoms with Crippen LogP contribution in [0.4, 0.5) is 5.69 Å². The van der Waals surface area contributed by atoms with Gasteiger partial charge in [-0.1, -0.05) is 30.3 Å². The summed E-state index contributed by atoms with van der Waals surface area (Å²) in [6.07, 6.45) is 1.29. The number of amides is 2. The second-order valence-electron chi connectivity index (χ2n) is 6.19. The van der Waals surface area contributed by atoms with Gasteiger partial charge in [0.25, 0.3) is 0 Å². The van der Waals surface area contributed by atoms with Gasteiger partial charge in [-0.05, 0) is 24.3 Å². The monoisotopic (exact) mass is 353 g/mol. The van der Waals surface area contributed by atoms with Crippen molar-refractivity contribution in [2.24, 2.45) is 0 Å². The van der Waals surface area contributed by atoms with E-state index in [2.05, 4.69) is 10.2 Å². The number of carbonyl (C=O) groups is 2. The van der Waals surface area contributed by atoms with Crippen LogP contribution < -0.4 is 10.1 Å². The first-order valence-corrected chi connectivity index (χ1v) is 8.78. The maximum Gasteiger partial charge on any atom is 0.225 e. The maximum atomic E-state index is 12.3. The van der Waals surface area contributed by atoms with E-state index in [1.165, 1.54) is 0 Å². The number of hydrogen-bond donors (Lipinski definition) is 1. The van der Waals surface area contributed by atoms with E-state index in [9.17, 15) is 9.59 Å². The van der Waals surface area contributed by atoms with Crippen molar-refractivity contribution in [3.8, 4) is 11.5 Å². The fourth-order valence-corrected chi connectivity index (χ4v) is 2.84. The highest BCUT2D eigenvalue weighted by Crippen LogP contribution is 2.29. The summed E-state index contributed by atoms with van der Waals surface area (Å²) in [5.74, 6) is 1.29. The lowest BCUT2D eigenvalue weighted by atomic mass is 10.2. The van der Waals surface area contributed by atoms with Gasteiger partial charge in [0.2, 0.25) is 12.3 Å². The highest BCUT2D eigenvalue weighted by Gasteiger charge is 2.16. The van der Waals surface area contributed by atoms with Gasteiger partial charge < -0.3 is 15.0 Å². The average molecular weight is 353 g/mol. The molecule has 0 saturated carbocycles. The molecule has 26 heavy (non-hydrogen) atoms. The molecule has 0 atom stereocenters. The molecule has 0 spiro atoms. The van der Waals surface area contributed by atoms with E-state index in [0.29, 0.717) is 24.4 Å².